The number of carbonyl (C=O) groups is 2. The highest BCUT2D eigenvalue weighted by atomic mass is 32.1. The van der Waals surface area contributed by atoms with Crippen molar-refractivity contribution in [3.05, 3.63) is 50.8 Å². The molecule has 142 valence electrons. The first kappa shape index (κ1) is 18.0. The van der Waals surface area contributed by atoms with E-state index in [9.17, 15) is 19.6 Å². The van der Waals surface area contributed by atoms with Crippen molar-refractivity contribution in [2.24, 2.45) is 0 Å². The lowest BCUT2D eigenvalue weighted by Crippen LogP contribution is -2.33. The van der Waals surface area contributed by atoms with Gasteiger partial charge in [0.1, 0.15) is 17.6 Å². The Balaban J connectivity index is 1.58. The number of aromatic nitrogens is 1. The Hall–Kier alpha value is -3.38. The maximum Gasteiger partial charge on any atom is 0.420 e. The lowest BCUT2D eigenvalue weighted by atomic mass is 10.0. The van der Waals surface area contributed by atoms with Crippen molar-refractivity contribution in [3.63, 3.8) is 0 Å². The number of anilines is 1. The van der Waals surface area contributed by atoms with Crippen LogP contribution in [0.5, 0.6) is 0 Å². The lowest BCUT2D eigenvalue weighted by molar-refractivity contribution is -0.129. The van der Waals surface area contributed by atoms with Gasteiger partial charge < -0.3 is 14.6 Å². The molecule has 8 nitrogen and oxygen atoms in total. The Bertz CT molecular complexity index is 1200. The van der Waals surface area contributed by atoms with Gasteiger partial charge in [0, 0.05) is 18.3 Å². The van der Waals surface area contributed by atoms with Gasteiger partial charge in [-0.2, -0.15) is 5.26 Å². The summed E-state index contributed by atoms with van der Waals surface area (Å²) in [5, 5.41) is 12.7. The molecule has 4 rings (SSSR count). The number of nitrogens with zero attached hydrogens (tertiary/aromatic N) is 3. The van der Waals surface area contributed by atoms with Crippen molar-refractivity contribution >= 4 is 39.3 Å². The largest absolute Gasteiger partial charge is 0.420 e. The SMILES string of the molecule is CC(=O)N1CCc2c(sc(NC(=O)Cn3c(=O)oc4ccccc43)c2C#N)C1. The van der Waals surface area contributed by atoms with Gasteiger partial charge in [0.05, 0.1) is 17.6 Å². The van der Waals surface area contributed by atoms with E-state index in [0.717, 1.165) is 10.4 Å². The molecule has 3 heterocycles. The Labute approximate surface area is 163 Å². The van der Waals surface area contributed by atoms with Gasteiger partial charge in [0.2, 0.25) is 11.8 Å². The van der Waals surface area contributed by atoms with Crippen molar-refractivity contribution in [2.45, 2.75) is 26.4 Å². The smallest absolute Gasteiger partial charge is 0.408 e. The Morgan fingerprint density at radius 3 is 2.89 bits per heavy atom. The number of rotatable bonds is 3. The molecule has 0 saturated heterocycles. The normalized spacial score (nSPS) is 13.2. The number of oxazole rings is 1. The predicted molar refractivity (Wildman–Crippen MR) is 103 cm³/mol. The van der Waals surface area contributed by atoms with Crippen LogP contribution < -0.4 is 11.1 Å². The van der Waals surface area contributed by atoms with Gasteiger partial charge >= 0.3 is 5.76 Å². The molecule has 0 saturated carbocycles. The molecule has 28 heavy (non-hydrogen) atoms. The molecular weight excluding hydrogens is 380 g/mol. The number of para-hydroxylation sites is 2. The monoisotopic (exact) mass is 396 g/mol. The molecule has 1 aliphatic heterocycles. The van der Waals surface area contributed by atoms with Crippen molar-refractivity contribution in [1.29, 1.82) is 5.26 Å². The van der Waals surface area contributed by atoms with E-state index in [-0.39, 0.29) is 12.5 Å². The van der Waals surface area contributed by atoms with Crippen LogP contribution in [0.25, 0.3) is 11.1 Å². The summed E-state index contributed by atoms with van der Waals surface area (Å²) in [5.41, 5.74) is 2.26. The Kier molecular flexibility index (Phi) is 4.49. The number of nitriles is 1. The number of nitrogens with one attached hydrogen (secondary N) is 1. The molecule has 0 unspecified atom stereocenters. The number of carbonyl (C=O) groups excluding carboxylic acids is 2. The topological polar surface area (TPSA) is 108 Å². The highest BCUT2D eigenvalue weighted by molar-refractivity contribution is 7.16. The molecule has 3 aromatic rings. The summed E-state index contributed by atoms with van der Waals surface area (Å²) in [5.74, 6) is -1.05. The van der Waals surface area contributed by atoms with E-state index >= 15 is 0 Å². The summed E-state index contributed by atoms with van der Waals surface area (Å²) >= 11 is 1.30. The van der Waals surface area contributed by atoms with Crippen molar-refractivity contribution in [3.8, 4) is 6.07 Å². The van der Waals surface area contributed by atoms with Crippen molar-refractivity contribution in [1.82, 2.24) is 9.47 Å². The fraction of sp³-hybridized carbons (Fsp3) is 0.263. The van der Waals surface area contributed by atoms with E-state index in [1.807, 2.05) is 0 Å². The van der Waals surface area contributed by atoms with Gasteiger partial charge in [0.25, 0.3) is 0 Å². The third kappa shape index (κ3) is 3.08. The number of hydrogen-bond acceptors (Lipinski definition) is 6. The summed E-state index contributed by atoms with van der Waals surface area (Å²) in [6.45, 7) is 2.28. The van der Waals surface area contributed by atoms with E-state index in [2.05, 4.69) is 11.4 Å². The summed E-state index contributed by atoms with van der Waals surface area (Å²) in [4.78, 5) is 38.8. The molecule has 0 radical (unpaired) electrons. The minimum absolute atomic E-state index is 0.0191. The lowest BCUT2D eigenvalue weighted by Gasteiger charge is -2.25. The fourth-order valence-corrected chi connectivity index (χ4v) is 4.58. The number of benzene rings is 1. The molecule has 2 aromatic heterocycles. The first-order valence-corrected chi connectivity index (χ1v) is 9.48. The number of fused-ring (bicyclic) bond motifs is 2. The van der Waals surface area contributed by atoms with Gasteiger partial charge in [-0.1, -0.05) is 12.1 Å². The summed E-state index contributed by atoms with van der Waals surface area (Å²) in [6, 6.07) is 9.02. The summed E-state index contributed by atoms with van der Waals surface area (Å²) in [7, 11) is 0. The molecule has 0 fully saturated rings. The average Bonchev–Trinajstić information content (AvgIpc) is 3.17. The van der Waals surface area contributed by atoms with Crippen LogP contribution in [-0.4, -0.2) is 27.8 Å². The van der Waals surface area contributed by atoms with Crippen LogP contribution >= 0.6 is 11.3 Å². The maximum absolute atomic E-state index is 12.5. The summed E-state index contributed by atoms with van der Waals surface area (Å²) < 4.78 is 6.39. The third-order valence-electron chi connectivity index (χ3n) is 4.74. The molecule has 2 amide bonds. The molecule has 9 heteroatoms. The molecule has 1 N–H and O–H groups in total. The molecule has 1 aromatic carbocycles. The predicted octanol–water partition coefficient (Wildman–Crippen LogP) is 2.07. The van der Waals surface area contributed by atoms with Crippen LogP contribution in [0.4, 0.5) is 5.00 Å². The molecule has 0 aliphatic carbocycles. The highest BCUT2D eigenvalue weighted by Crippen LogP contribution is 2.36. The highest BCUT2D eigenvalue weighted by Gasteiger charge is 2.26. The quantitative estimate of drug-likeness (QED) is 0.729. The Morgan fingerprint density at radius 2 is 2.14 bits per heavy atom. The third-order valence-corrected chi connectivity index (χ3v) is 5.87. The second kappa shape index (κ2) is 6.98. The van der Waals surface area contributed by atoms with E-state index in [1.54, 1.807) is 29.2 Å². The first-order valence-electron chi connectivity index (χ1n) is 8.66. The zero-order valence-electron chi connectivity index (χ0n) is 15.0. The molecular formula is C19H16N4O4S. The van der Waals surface area contributed by atoms with E-state index < -0.39 is 11.7 Å². The molecule has 0 bridgehead atoms. The van der Waals surface area contributed by atoms with Crippen LogP contribution in [0.1, 0.15) is 22.9 Å². The van der Waals surface area contributed by atoms with Gasteiger partial charge in [-0.15, -0.1) is 11.3 Å². The number of hydrogen-bond donors (Lipinski definition) is 1. The van der Waals surface area contributed by atoms with Gasteiger partial charge in [-0.05, 0) is 24.1 Å². The molecule has 0 atom stereocenters. The second-order valence-electron chi connectivity index (χ2n) is 6.48. The van der Waals surface area contributed by atoms with Crippen LogP contribution in [0.2, 0.25) is 0 Å². The standard InChI is InChI=1S/C19H16N4O4S/c1-11(24)22-7-6-12-13(8-20)18(28-16(12)9-22)21-17(25)10-23-14-4-2-3-5-15(14)27-19(23)26/h2-5H,6-7,9-10H2,1H3,(H,21,25). The van der Waals surface area contributed by atoms with Crippen LogP contribution in [0, 0.1) is 11.3 Å². The number of amides is 2. The average molecular weight is 396 g/mol. The van der Waals surface area contributed by atoms with Gasteiger partial charge in [0.15, 0.2) is 5.58 Å². The van der Waals surface area contributed by atoms with E-state index in [0.29, 0.717) is 41.2 Å². The zero-order chi connectivity index (χ0) is 19.8. The minimum Gasteiger partial charge on any atom is -0.408 e. The maximum atomic E-state index is 12.5. The van der Waals surface area contributed by atoms with Gasteiger partial charge in [-0.25, -0.2) is 4.79 Å². The Morgan fingerprint density at radius 1 is 1.36 bits per heavy atom. The first-order chi connectivity index (χ1) is 13.5. The fourth-order valence-electron chi connectivity index (χ4n) is 3.35. The van der Waals surface area contributed by atoms with E-state index in [4.69, 9.17) is 4.42 Å². The number of thiophene rings is 1. The van der Waals surface area contributed by atoms with Crippen LogP contribution in [-0.2, 0) is 29.1 Å². The van der Waals surface area contributed by atoms with Gasteiger partial charge in [-0.3, -0.25) is 14.2 Å². The van der Waals surface area contributed by atoms with Crippen LogP contribution in [0.3, 0.4) is 0 Å². The zero-order valence-corrected chi connectivity index (χ0v) is 15.8. The van der Waals surface area contributed by atoms with E-state index in [1.165, 1.54) is 22.8 Å². The van der Waals surface area contributed by atoms with Crippen molar-refractivity contribution < 1.29 is 14.0 Å². The molecule has 0 spiro atoms. The summed E-state index contributed by atoms with van der Waals surface area (Å²) in [6.07, 6.45) is 0.579. The molecule has 1 aliphatic rings. The van der Waals surface area contributed by atoms with Crippen LogP contribution in [0.15, 0.2) is 33.5 Å². The second-order valence-corrected chi connectivity index (χ2v) is 7.59. The minimum atomic E-state index is -0.612. The van der Waals surface area contributed by atoms with Crippen molar-refractivity contribution in [2.75, 3.05) is 11.9 Å².